The monoisotopic (exact) mass is 260 g/mol. The highest BCUT2D eigenvalue weighted by Crippen LogP contribution is 2.36. The normalized spacial score (nSPS) is 13.2. The number of ether oxygens (including phenoxy) is 1. The van der Waals surface area contributed by atoms with Gasteiger partial charge in [0, 0.05) is 5.56 Å². The number of allylic oxidation sites excluding steroid dienone is 1. The van der Waals surface area contributed by atoms with E-state index in [9.17, 15) is 0 Å². The SMILES string of the molecule is C=CC(C)Cc1cc(C)cc(C(C)(C)C)c1OCC. The lowest BCUT2D eigenvalue weighted by atomic mass is 9.83. The molecule has 0 saturated carbocycles. The van der Waals surface area contributed by atoms with Gasteiger partial charge in [-0.2, -0.15) is 0 Å². The van der Waals surface area contributed by atoms with Gasteiger partial charge in [0.15, 0.2) is 0 Å². The number of hydrogen-bond donors (Lipinski definition) is 0. The van der Waals surface area contributed by atoms with Gasteiger partial charge in [0.25, 0.3) is 0 Å². The van der Waals surface area contributed by atoms with Gasteiger partial charge in [-0.15, -0.1) is 6.58 Å². The molecule has 1 atom stereocenters. The van der Waals surface area contributed by atoms with Crippen molar-refractivity contribution in [1.82, 2.24) is 0 Å². The van der Waals surface area contributed by atoms with E-state index < -0.39 is 0 Å². The standard InChI is InChI=1S/C18H28O/c1-8-13(3)10-15-11-14(4)12-16(18(5,6)7)17(15)19-9-2/h8,11-13H,1,9-10H2,2-7H3. The third kappa shape index (κ3) is 4.12. The van der Waals surface area contributed by atoms with Crippen molar-refractivity contribution < 1.29 is 4.74 Å². The quantitative estimate of drug-likeness (QED) is 0.673. The van der Waals surface area contributed by atoms with E-state index in [1.165, 1.54) is 16.7 Å². The highest BCUT2D eigenvalue weighted by Gasteiger charge is 2.22. The molecular weight excluding hydrogens is 232 g/mol. The third-order valence-electron chi connectivity index (χ3n) is 3.35. The first-order chi connectivity index (χ1) is 8.79. The van der Waals surface area contributed by atoms with E-state index in [0.29, 0.717) is 12.5 Å². The maximum atomic E-state index is 5.96. The first-order valence-electron chi connectivity index (χ1n) is 7.19. The predicted molar refractivity (Wildman–Crippen MR) is 84.1 cm³/mol. The fraction of sp³-hybridized carbons (Fsp3) is 0.556. The molecule has 0 fully saturated rings. The van der Waals surface area contributed by atoms with E-state index in [-0.39, 0.29) is 5.41 Å². The Bertz CT molecular complexity index is 438. The molecule has 0 aliphatic carbocycles. The number of benzene rings is 1. The predicted octanol–water partition coefficient (Wildman–Crippen LogP) is 5.06. The minimum absolute atomic E-state index is 0.0999. The molecule has 0 aromatic heterocycles. The Kier molecular flexibility index (Phi) is 5.22. The molecule has 1 unspecified atom stereocenters. The molecule has 1 nitrogen and oxygen atoms in total. The summed E-state index contributed by atoms with van der Waals surface area (Å²) in [6.45, 7) is 17.7. The van der Waals surface area contributed by atoms with E-state index in [4.69, 9.17) is 4.74 Å². The van der Waals surface area contributed by atoms with E-state index in [1.54, 1.807) is 0 Å². The Morgan fingerprint density at radius 2 is 1.95 bits per heavy atom. The number of rotatable bonds is 5. The van der Waals surface area contributed by atoms with Crippen molar-refractivity contribution in [2.45, 2.75) is 53.4 Å². The van der Waals surface area contributed by atoms with Gasteiger partial charge in [0.2, 0.25) is 0 Å². The molecular formula is C18H28O. The number of hydrogen-bond acceptors (Lipinski definition) is 1. The Morgan fingerprint density at radius 1 is 1.32 bits per heavy atom. The Balaban J connectivity index is 3.35. The second-order valence-corrected chi connectivity index (χ2v) is 6.40. The molecule has 0 spiro atoms. The second kappa shape index (κ2) is 6.27. The summed E-state index contributed by atoms with van der Waals surface area (Å²) in [6.07, 6.45) is 3.00. The lowest BCUT2D eigenvalue weighted by Crippen LogP contribution is -2.16. The van der Waals surface area contributed by atoms with Crippen LogP contribution in [0.1, 0.15) is 51.3 Å². The van der Waals surface area contributed by atoms with Crippen molar-refractivity contribution in [1.29, 1.82) is 0 Å². The van der Waals surface area contributed by atoms with Crippen LogP contribution in [0.25, 0.3) is 0 Å². The van der Waals surface area contributed by atoms with Gasteiger partial charge in [-0.1, -0.05) is 51.5 Å². The highest BCUT2D eigenvalue weighted by atomic mass is 16.5. The smallest absolute Gasteiger partial charge is 0.126 e. The topological polar surface area (TPSA) is 9.23 Å². The minimum atomic E-state index is 0.0999. The zero-order valence-electron chi connectivity index (χ0n) is 13.3. The molecule has 1 aromatic rings. The van der Waals surface area contributed by atoms with Crippen molar-refractivity contribution >= 4 is 0 Å². The largest absolute Gasteiger partial charge is 0.493 e. The molecule has 0 amide bonds. The van der Waals surface area contributed by atoms with E-state index in [1.807, 2.05) is 13.0 Å². The van der Waals surface area contributed by atoms with Crippen molar-refractivity contribution in [2.75, 3.05) is 6.61 Å². The zero-order chi connectivity index (χ0) is 14.6. The van der Waals surface area contributed by atoms with E-state index in [0.717, 1.165) is 12.2 Å². The van der Waals surface area contributed by atoms with Gasteiger partial charge in [0.1, 0.15) is 5.75 Å². The van der Waals surface area contributed by atoms with E-state index >= 15 is 0 Å². The van der Waals surface area contributed by atoms with Crippen LogP contribution in [0.15, 0.2) is 24.8 Å². The molecule has 1 aromatic carbocycles. The molecule has 106 valence electrons. The van der Waals surface area contributed by atoms with Gasteiger partial charge in [-0.3, -0.25) is 0 Å². The lowest BCUT2D eigenvalue weighted by Gasteiger charge is -2.26. The molecule has 0 aliphatic rings. The van der Waals surface area contributed by atoms with Crippen LogP contribution in [0.2, 0.25) is 0 Å². The summed E-state index contributed by atoms with van der Waals surface area (Å²) in [5.41, 5.74) is 4.02. The third-order valence-corrected chi connectivity index (χ3v) is 3.35. The van der Waals surface area contributed by atoms with Crippen LogP contribution in [-0.4, -0.2) is 6.61 Å². The van der Waals surface area contributed by atoms with Crippen LogP contribution in [0.5, 0.6) is 5.75 Å². The van der Waals surface area contributed by atoms with Crippen LogP contribution in [0.3, 0.4) is 0 Å². The average Bonchev–Trinajstić information content (AvgIpc) is 2.30. The first kappa shape index (κ1) is 15.8. The average molecular weight is 260 g/mol. The Morgan fingerprint density at radius 3 is 2.42 bits per heavy atom. The molecule has 0 bridgehead atoms. The molecule has 0 N–H and O–H groups in total. The van der Waals surface area contributed by atoms with Crippen LogP contribution < -0.4 is 4.74 Å². The summed E-state index contributed by atoms with van der Waals surface area (Å²) < 4.78 is 5.96. The Labute approximate surface area is 118 Å². The van der Waals surface area contributed by atoms with Crippen molar-refractivity contribution in [3.8, 4) is 5.75 Å². The molecule has 1 rings (SSSR count). The fourth-order valence-corrected chi connectivity index (χ4v) is 2.30. The van der Waals surface area contributed by atoms with Crippen LogP contribution in [-0.2, 0) is 11.8 Å². The van der Waals surface area contributed by atoms with Crippen LogP contribution in [0.4, 0.5) is 0 Å². The lowest BCUT2D eigenvalue weighted by molar-refractivity contribution is 0.325. The molecule has 0 saturated heterocycles. The van der Waals surface area contributed by atoms with Gasteiger partial charge < -0.3 is 4.74 Å². The zero-order valence-corrected chi connectivity index (χ0v) is 13.3. The summed E-state index contributed by atoms with van der Waals surface area (Å²) in [7, 11) is 0. The van der Waals surface area contributed by atoms with Gasteiger partial charge >= 0.3 is 0 Å². The summed E-state index contributed by atoms with van der Waals surface area (Å²) >= 11 is 0. The maximum absolute atomic E-state index is 5.96. The number of aryl methyl sites for hydroxylation is 1. The Hall–Kier alpha value is -1.24. The highest BCUT2D eigenvalue weighted by molar-refractivity contribution is 5.48. The van der Waals surface area contributed by atoms with Gasteiger partial charge in [-0.05, 0) is 37.2 Å². The first-order valence-corrected chi connectivity index (χ1v) is 7.19. The van der Waals surface area contributed by atoms with Crippen LogP contribution >= 0.6 is 0 Å². The maximum Gasteiger partial charge on any atom is 0.126 e. The minimum Gasteiger partial charge on any atom is -0.493 e. The summed E-state index contributed by atoms with van der Waals surface area (Å²) in [6, 6.07) is 4.51. The molecule has 0 heterocycles. The summed E-state index contributed by atoms with van der Waals surface area (Å²) in [5, 5.41) is 0. The van der Waals surface area contributed by atoms with Gasteiger partial charge in [0.05, 0.1) is 6.61 Å². The van der Waals surface area contributed by atoms with Crippen molar-refractivity contribution in [3.63, 3.8) is 0 Å². The molecule has 0 radical (unpaired) electrons. The second-order valence-electron chi connectivity index (χ2n) is 6.40. The summed E-state index contributed by atoms with van der Waals surface area (Å²) in [4.78, 5) is 0. The van der Waals surface area contributed by atoms with Crippen molar-refractivity contribution in [2.24, 2.45) is 5.92 Å². The molecule has 1 heteroatoms. The fourth-order valence-electron chi connectivity index (χ4n) is 2.30. The molecule has 0 aliphatic heterocycles. The van der Waals surface area contributed by atoms with Gasteiger partial charge in [-0.25, -0.2) is 0 Å². The summed E-state index contributed by atoms with van der Waals surface area (Å²) in [5.74, 6) is 1.54. The van der Waals surface area contributed by atoms with E-state index in [2.05, 4.69) is 53.3 Å². The van der Waals surface area contributed by atoms with Crippen LogP contribution in [0, 0.1) is 12.8 Å². The van der Waals surface area contributed by atoms with Crippen molar-refractivity contribution in [3.05, 3.63) is 41.5 Å². The molecule has 19 heavy (non-hydrogen) atoms.